The molecule has 8 nitrogen and oxygen atoms in total. The summed E-state index contributed by atoms with van der Waals surface area (Å²) in [4.78, 5) is 35.2. The molecule has 3 amide bonds. The Labute approximate surface area is 168 Å². The first-order valence-corrected chi connectivity index (χ1v) is 9.28. The molecule has 0 unspecified atom stereocenters. The third-order valence-corrected chi connectivity index (χ3v) is 4.50. The molecule has 0 aliphatic rings. The van der Waals surface area contributed by atoms with Crippen molar-refractivity contribution in [3.63, 3.8) is 0 Å². The summed E-state index contributed by atoms with van der Waals surface area (Å²) in [5.74, 6) is -1.37. The van der Waals surface area contributed by atoms with Crippen LogP contribution in [0.5, 0.6) is 0 Å². The van der Waals surface area contributed by atoms with Crippen molar-refractivity contribution in [3.8, 4) is 5.69 Å². The first-order chi connectivity index (χ1) is 13.3. The number of nitrogens with zero attached hydrogens (tertiary/aromatic N) is 2. The Hall–Kier alpha value is -2.87. The van der Waals surface area contributed by atoms with Gasteiger partial charge in [-0.15, -0.1) is 0 Å². The van der Waals surface area contributed by atoms with E-state index in [0.29, 0.717) is 17.3 Å². The second kappa shape index (κ2) is 9.89. The topological polar surface area (TPSA) is 102 Å². The molecule has 0 radical (unpaired) electrons. The lowest BCUT2D eigenvalue weighted by atomic mass is 10.2. The highest BCUT2D eigenvalue weighted by molar-refractivity contribution is 6.31. The number of aromatic nitrogens is 2. The van der Waals surface area contributed by atoms with Crippen molar-refractivity contribution < 1.29 is 19.1 Å². The number of carbonyl (C=O) groups excluding carboxylic acids is 3. The van der Waals surface area contributed by atoms with E-state index in [1.807, 2.05) is 20.8 Å². The van der Waals surface area contributed by atoms with Gasteiger partial charge in [-0.2, -0.15) is 5.10 Å². The molecule has 2 N–H and O–H groups in total. The first-order valence-electron chi connectivity index (χ1n) is 8.90. The van der Waals surface area contributed by atoms with Gasteiger partial charge in [0.05, 0.1) is 27.7 Å². The minimum Gasteiger partial charge on any atom is -0.452 e. The van der Waals surface area contributed by atoms with E-state index in [2.05, 4.69) is 15.7 Å². The van der Waals surface area contributed by atoms with E-state index < -0.39 is 24.5 Å². The molecule has 0 saturated carbocycles. The van der Waals surface area contributed by atoms with Gasteiger partial charge in [-0.25, -0.2) is 14.3 Å². The Morgan fingerprint density at radius 3 is 2.43 bits per heavy atom. The van der Waals surface area contributed by atoms with E-state index in [9.17, 15) is 14.4 Å². The predicted molar refractivity (Wildman–Crippen MR) is 105 cm³/mol. The third kappa shape index (κ3) is 5.56. The van der Waals surface area contributed by atoms with E-state index in [1.54, 1.807) is 28.9 Å². The van der Waals surface area contributed by atoms with Crippen molar-refractivity contribution >= 4 is 29.5 Å². The second-order valence-corrected chi connectivity index (χ2v) is 6.56. The van der Waals surface area contributed by atoms with Gasteiger partial charge in [0.1, 0.15) is 0 Å². The number of rotatable bonds is 7. The first kappa shape index (κ1) is 21.4. The zero-order valence-electron chi connectivity index (χ0n) is 16.0. The zero-order valence-corrected chi connectivity index (χ0v) is 16.8. The maximum Gasteiger partial charge on any atom is 0.338 e. The molecule has 2 aromatic rings. The van der Waals surface area contributed by atoms with Gasteiger partial charge < -0.3 is 10.1 Å². The molecule has 0 aliphatic heterocycles. The Bertz CT molecular complexity index is 862. The summed E-state index contributed by atoms with van der Waals surface area (Å²) in [6.07, 6.45) is 1.74. The SMILES string of the molecule is CCCCNC(=O)NC(=O)COC(=O)c1ccc(-n2nc(C)c(Cl)c2C)cc1. The molecule has 0 saturated heterocycles. The Morgan fingerprint density at radius 1 is 1.18 bits per heavy atom. The number of nitrogens with one attached hydrogen (secondary N) is 2. The lowest BCUT2D eigenvalue weighted by molar-refractivity contribution is -0.123. The molecule has 0 fully saturated rings. The van der Waals surface area contributed by atoms with Crippen LogP contribution in [0.3, 0.4) is 0 Å². The van der Waals surface area contributed by atoms with E-state index in [1.165, 1.54) is 0 Å². The highest BCUT2D eigenvalue weighted by atomic mass is 35.5. The van der Waals surface area contributed by atoms with Crippen molar-refractivity contribution in [2.24, 2.45) is 0 Å². The predicted octanol–water partition coefficient (Wildman–Crippen LogP) is 2.93. The van der Waals surface area contributed by atoms with Gasteiger partial charge in [0.15, 0.2) is 6.61 Å². The van der Waals surface area contributed by atoms with Crippen molar-refractivity contribution in [1.82, 2.24) is 20.4 Å². The summed E-state index contributed by atoms with van der Waals surface area (Å²) in [6.45, 7) is 5.58. The summed E-state index contributed by atoms with van der Waals surface area (Å²) in [7, 11) is 0. The number of benzene rings is 1. The summed E-state index contributed by atoms with van der Waals surface area (Å²) >= 11 is 6.15. The number of hydrogen-bond acceptors (Lipinski definition) is 5. The van der Waals surface area contributed by atoms with Gasteiger partial charge in [0.25, 0.3) is 5.91 Å². The van der Waals surface area contributed by atoms with Gasteiger partial charge in [0.2, 0.25) is 0 Å². The average molecular weight is 407 g/mol. The van der Waals surface area contributed by atoms with E-state index in [0.717, 1.165) is 24.2 Å². The zero-order chi connectivity index (χ0) is 20.7. The normalized spacial score (nSPS) is 10.4. The quantitative estimate of drug-likeness (QED) is 0.543. The maximum absolute atomic E-state index is 12.1. The second-order valence-electron chi connectivity index (χ2n) is 6.18. The van der Waals surface area contributed by atoms with Crippen LogP contribution in [0.25, 0.3) is 5.69 Å². The summed E-state index contributed by atoms with van der Waals surface area (Å²) in [6, 6.07) is 5.93. The van der Waals surface area contributed by atoms with Gasteiger partial charge >= 0.3 is 12.0 Å². The van der Waals surface area contributed by atoms with Crippen molar-refractivity contribution in [1.29, 1.82) is 0 Å². The van der Waals surface area contributed by atoms with Crippen LogP contribution in [0.2, 0.25) is 5.02 Å². The molecule has 150 valence electrons. The Balaban J connectivity index is 1.88. The lowest BCUT2D eigenvalue weighted by Crippen LogP contribution is -2.41. The molecule has 28 heavy (non-hydrogen) atoms. The highest BCUT2D eigenvalue weighted by Crippen LogP contribution is 2.22. The largest absolute Gasteiger partial charge is 0.452 e. The van der Waals surface area contributed by atoms with Crippen LogP contribution < -0.4 is 10.6 Å². The van der Waals surface area contributed by atoms with Crippen LogP contribution in [0.4, 0.5) is 4.79 Å². The molecule has 9 heteroatoms. The molecule has 0 bridgehead atoms. The Kier molecular flexibility index (Phi) is 7.57. The monoisotopic (exact) mass is 406 g/mol. The van der Waals surface area contributed by atoms with Crippen LogP contribution in [0.1, 0.15) is 41.5 Å². The van der Waals surface area contributed by atoms with Crippen LogP contribution in [-0.4, -0.2) is 40.8 Å². The number of esters is 1. The van der Waals surface area contributed by atoms with E-state index >= 15 is 0 Å². The van der Waals surface area contributed by atoms with Crippen molar-refractivity contribution in [3.05, 3.63) is 46.2 Å². The molecule has 1 aromatic heterocycles. The molecule has 0 spiro atoms. The Morgan fingerprint density at radius 2 is 1.86 bits per heavy atom. The number of amides is 3. The number of imide groups is 1. The standard InChI is InChI=1S/C19H23ClN4O4/c1-4-5-10-21-19(27)22-16(25)11-28-18(26)14-6-8-15(9-7-14)24-13(3)17(20)12(2)23-24/h6-9H,4-5,10-11H2,1-3H3,(H2,21,22,25,27). The highest BCUT2D eigenvalue weighted by Gasteiger charge is 2.14. The number of carbonyl (C=O) groups is 3. The summed E-state index contributed by atoms with van der Waals surface area (Å²) < 4.78 is 6.61. The lowest BCUT2D eigenvalue weighted by Gasteiger charge is -2.08. The molecular weight excluding hydrogens is 384 g/mol. The fraction of sp³-hybridized carbons (Fsp3) is 0.368. The summed E-state index contributed by atoms with van der Waals surface area (Å²) in [5, 5.41) is 9.57. The molecule has 1 heterocycles. The van der Waals surface area contributed by atoms with E-state index in [-0.39, 0.29) is 5.56 Å². The molecule has 0 atom stereocenters. The maximum atomic E-state index is 12.1. The molecule has 2 rings (SSSR count). The van der Waals surface area contributed by atoms with Crippen molar-refractivity contribution in [2.75, 3.05) is 13.2 Å². The number of halogens is 1. The molecular formula is C19H23ClN4O4. The number of ether oxygens (including phenoxy) is 1. The van der Waals surface area contributed by atoms with Gasteiger partial charge in [-0.1, -0.05) is 24.9 Å². The molecule has 0 aliphatic carbocycles. The number of urea groups is 1. The number of aryl methyl sites for hydroxylation is 1. The third-order valence-electron chi connectivity index (χ3n) is 3.95. The smallest absolute Gasteiger partial charge is 0.338 e. The van der Waals surface area contributed by atoms with Crippen LogP contribution in [0, 0.1) is 13.8 Å². The van der Waals surface area contributed by atoms with Gasteiger partial charge in [-0.3, -0.25) is 10.1 Å². The minimum absolute atomic E-state index is 0.275. The van der Waals surface area contributed by atoms with Crippen molar-refractivity contribution in [2.45, 2.75) is 33.6 Å². The van der Waals surface area contributed by atoms with E-state index in [4.69, 9.17) is 16.3 Å². The molecule has 1 aromatic carbocycles. The fourth-order valence-electron chi connectivity index (χ4n) is 2.41. The summed E-state index contributed by atoms with van der Waals surface area (Å²) in [5.41, 5.74) is 2.53. The van der Waals surface area contributed by atoms with Crippen LogP contribution in [0.15, 0.2) is 24.3 Å². The van der Waals surface area contributed by atoms with Gasteiger partial charge in [0, 0.05) is 6.54 Å². The van der Waals surface area contributed by atoms with Gasteiger partial charge in [-0.05, 0) is 44.5 Å². The van der Waals surface area contributed by atoms with Crippen LogP contribution >= 0.6 is 11.6 Å². The number of unbranched alkanes of at least 4 members (excludes halogenated alkanes) is 1. The number of hydrogen-bond donors (Lipinski definition) is 2. The van der Waals surface area contributed by atoms with Crippen LogP contribution in [-0.2, 0) is 9.53 Å². The minimum atomic E-state index is -0.698. The average Bonchev–Trinajstić information content (AvgIpc) is 2.94. The fourth-order valence-corrected chi connectivity index (χ4v) is 2.53.